The van der Waals surface area contributed by atoms with Crippen LogP contribution in [0.2, 0.25) is 5.02 Å². The monoisotopic (exact) mass is 311 g/mol. The number of rotatable bonds is 3. The highest BCUT2D eigenvalue weighted by molar-refractivity contribution is 6.31. The molecular formula is C17H14ClN3O. The van der Waals surface area contributed by atoms with E-state index < -0.39 is 0 Å². The van der Waals surface area contributed by atoms with Crippen LogP contribution in [0, 0.1) is 6.92 Å². The molecule has 110 valence electrons. The number of amides is 1. The first kappa shape index (κ1) is 14.4. The number of aryl methyl sites for hydroxylation is 1. The van der Waals surface area contributed by atoms with Crippen LogP contribution >= 0.6 is 11.6 Å². The van der Waals surface area contributed by atoms with Gasteiger partial charge in [0.05, 0.1) is 0 Å². The predicted octanol–water partition coefficient (Wildman–Crippen LogP) is 4.29. The van der Waals surface area contributed by atoms with E-state index in [0.717, 1.165) is 22.6 Å². The zero-order valence-corrected chi connectivity index (χ0v) is 12.7. The molecule has 0 spiro atoms. The molecule has 0 saturated heterocycles. The van der Waals surface area contributed by atoms with Gasteiger partial charge in [-0.3, -0.25) is 4.79 Å². The number of aromatic amines is 1. The van der Waals surface area contributed by atoms with Gasteiger partial charge < -0.3 is 10.3 Å². The molecule has 0 radical (unpaired) electrons. The zero-order valence-electron chi connectivity index (χ0n) is 11.9. The van der Waals surface area contributed by atoms with Crippen LogP contribution in [0.5, 0.6) is 0 Å². The molecule has 0 saturated carbocycles. The number of nitrogens with one attached hydrogen (secondary N) is 2. The zero-order chi connectivity index (χ0) is 15.5. The molecule has 0 aliphatic carbocycles. The molecule has 4 nitrogen and oxygen atoms in total. The molecule has 1 heterocycles. The summed E-state index contributed by atoms with van der Waals surface area (Å²) in [7, 11) is 0. The molecule has 3 rings (SSSR count). The first-order valence-corrected chi connectivity index (χ1v) is 7.18. The molecule has 0 fully saturated rings. The smallest absolute Gasteiger partial charge is 0.255 e. The molecule has 3 aromatic rings. The second-order valence-electron chi connectivity index (χ2n) is 4.93. The minimum atomic E-state index is -0.192. The number of nitrogens with zero attached hydrogens (tertiary/aromatic N) is 1. The Morgan fingerprint density at radius 2 is 2.09 bits per heavy atom. The highest BCUT2D eigenvalue weighted by atomic mass is 35.5. The number of benzene rings is 2. The number of imidazole rings is 1. The summed E-state index contributed by atoms with van der Waals surface area (Å²) < 4.78 is 0. The average Bonchev–Trinajstić information content (AvgIpc) is 3.04. The van der Waals surface area contributed by atoms with E-state index in [1.807, 2.05) is 25.1 Å². The number of H-pyrrole nitrogens is 1. The summed E-state index contributed by atoms with van der Waals surface area (Å²) in [6.45, 7) is 1.94. The normalized spacial score (nSPS) is 10.5. The Morgan fingerprint density at radius 3 is 2.82 bits per heavy atom. The first-order valence-electron chi connectivity index (χ1n) is 6.81. The maximum Gasteiger partial charge on any atom is 0.255 e. The van der Waals surface area contributed by atoms with Crippen LogP contribution in [0.25, 0.3) is 11.4 Å². The van der Waals surface area contributed by atoms with Crippen molar-refractivity contribution in [1.82, 2.24) is 9.97 Å². The summed E-state index contributed by atoms with van der Waals surface area (Å²) >= 11 is 5.92. The van der Waals surface area contributed by atoms with Gasteiger partial charge in [-0.2, -0.15) is 0 Å². The van der Waals surface area contributed by atoms with Gasteiger partial charge in [-0.15, -0.1) is 0 Å². The van der Waals surface area contributed by atoms with Gasteiger partial charge in [0.25, 0.3) is 5.91 Å². The van der Waals surface area contributed by atoms with Crippen molar-refractivity contribution in [3.63, 3.8) is 0 Å². The van der Waals surface area contributed by atoms with Crippen LogP contribution in [0.4, 0.5) is 5.69 Å². The molecule has 0 aliphatic rings. The predicted molar refractivity (Wildman–Crippen MR) is 88.2 cm³/mol. The van der Waals surface area contributed by atoms with Crippen molar-refractivity contribution < 1.29 is 4.79 Å². The molecule has 0 bridgehead atoms. The largest absolute Gasteiger partial charge is 0.345 e. The van der Waals surface area contributed by atoms with Crippen LogP contribution in [-0.2, 0) is 0 Å². The fraction of sp³-hybridized carbons (Fsp3) is 0.0588. The van der Waals surface area contributed by atoms with Gasteiger partial charge in [0, 0.05) is 34.2 Å². The van der Waals surface area contributed by atoms with Crippen LogP contribution in [0.3, 0.4) is 0 Å². The summed E-state index contributed by atoms with van der Waals surface area (Å²) in [4.78, 5) is 19.6. The Kier molecular flexibility index (Phi) is 3.94. The standard InChI is InChI=1S/C17H14ClN3O/c1-11-5-6-12(16-19-7-8-20-16)10-15(11)21-17(22)13-3-2-4-14(18)9-13/h2-10H,1H3,(H,19,20)(H,21,22). The lowest BCUT2D eigenvalue weighted by molar-refractivity contribution is 0.102. The van der Waals surface area contributed by atoms with Crippen molar-refractivity contribution >= 4 is 23.2 Å². The summed E-state index contributed by atoms with van der Waals surface area (Å²) in [5, 5.41) is 3.45. The van der Waals surface area contributed by atoms with E-state index in [1.54, 1.807) is 36.7 Å². The summed E-state index contributed by atoms with van der Waals surface area (Å²) in [5.41, 5.74) is 3.16. The summed E-state index contributed by atoms with van der Waals surface area (Å²) in [6.07, 6.45) is 3.46. The molecule has 22 heavy (non-hydrogen) atoms. The Bertz CT molecular complexity index is 813. The van der Waals surface area contributed by atoms with Crippen molar-refractivity contribution in [2.75, 3.05) is 5.32 Å². The van der Waals surface area contributed by atoms with E-state index in [4.69, 9.17) is 11.6 Å². The Labute approximate surface area is 133 Å². The Morgan fingerprint density at radius 1 is 1.23 bits per heavy atom. The second-order valence-corrected chi connectivity index (χ2v) is 5.37. The van der Waals surface area contributed by atoms with E-state index in [9.17, 15) is 4.79 Å². The topological polar surface area (TPSA) is 57.8 Å². The third-order valence-corrected chi connectivity index (χ3v) is 3.58. The van der Waals surface area contributed by atoms with Crippen molar-refractivity contribution in [3.05, 3.63) is 71.0 Å². The first-order chi connectivity index (χ1) is 10.6. The maximum atomic E-state index is 12.3. The van der Waals surface area contributed by atoms with Gasteiger partial charge in [0.1, 0.15) is 5.82 Å². The number of carbonyl (C=O) groups excluding carboxylic acids is 1. The molecule has 5 heteroatoms. The third-order valence-electron chi connectivity index (χ3n) is 3.34. The lowest BCUT2D eigenvalue weighted by Gasteiger charge is -2.10. The molecule has 2 N–H and O–H groups in total. The molecule has 0 unspecified atom stereocenters. The van der Waals surface area contributed by atoms with Crippen LogP contribution in [0.1, 0.15) is 15.9 Å². The van der Waals surface area contributed by atoms with Crippen LogP contribution < -0.4 is 5.32 Å². The fourth-order valence-electron chi connectivity index (χ4n) is 2.15. The number of carbonyl (C=O) groups is 1. The number of hydrogen-bond donors (Lipinski definition) is 2. The van der Waals surface area contributed by atoms with Crippen molar-refractivity contribution in [2.24, 2.45) is 0 Å². The van der Waals surface area contributed by atoms with E-state index in [0.29, 0.717) is 10.6 Å². The number of anilines is 1. The lowest BCUT2D eigenvalue weighted by Crippen LogP contribution is -2.12. The van der Waals surface area contributed by atoms with E-state index in [2.05, 4.69) is 15.3 Å². The average molecular weight is 312 g/mol. The van der Waals surface area contributed by atoms with Gasteiger partial charge in [0.15, 0.2) is 0 Å². The second kappa shape index (κ2) is 6.03. The quantitative estimate of drug-likeness (QED) is 0.758. The summed E-state index contributed by atoms with van der Waals surface area (Å²) in [6, 6.07) is 12.7. The Balaban J connectivity index is 1.88. The van der Waals surface area contributed by atoms with Crippen molar-refractivity contribution in [2.45, 2.75) is 6.92 Å². The number of aromatic nitrogens is 2. The van der Waals surface area contributed by atoms with Crippen LogP contribution in [-0.4, -0.2) is 15.9 Å². The Hall–Kier alpha value is -2.59. The molecule has 2 aromatic carbocycles. The molecule has 0 aliphatic heterocycles. The SMILES string of the molecule is Cc1ccc(-c2ncc[nH]2)cc1NC(=O)c1cccc(Cl)c1. The maximum absolute atomic E-state index is 12.3. The highest BCUT2D eigenvalue weighted by Crippen LogP contribution is 2.23. The molecule has 0 atom stereocenters. The highest BCUT2D eigenvalue weighted by Gasteiger charge is 2.10. The number of hydrogen-bond acceptors (Lipinski definition) is 2. The van der Waals surface area contributed by atoms with E-state index >= 15 is 0 Å². The van der Waals surface area contributed by atoms with E-state index in [-0.39, 0.29) is 5.91 Å². The van der Waals surface area contributed by atoms with Gasteiger partial charge in [-0.1, -0.05) is 29.8 Å². The molecule has 1 aromatic heterocycles. The lowest BCUT2D eigenvalue weighted by atomic mass is 10.1. The van der Waals surface area contributed by atoms with Crippen molar-refractivity contribution in [3.8, 4) is 11.4 Å². The molecular weight excluding hydrogens is 298 g/mol. The minimum Gasteiger partial charge on any atom is -0.345 e. The van der Waals surface area contributed by atoms with Gasteiger partial charge in [-0.05, 0) is 36.8 Å². The van der Waals surface area contributed by atoms with Crippen LogP contribution in [0.15, 0.2) is 54.9 Å². The summed E-state index contributed by atoms with van der Waals surface area (Å²) in [5.74, 6) is 0.570. The fourth-order valence-corrected chi connectivity index (χ4v) is 2.34. The minimum absolute atomic E-state index is 0.192. The van der Waals surface area contributed by atoms with Gasteiger partial charge in [-0.25, -0.2) is 4.98 Å². The number of halogens is 1. The van der Waals surface area contributed by atoms with Gasteiger partial charge in [0.2, 0.25) is 0 Å². The van der Waals surface area contributed by atoms with Crippen molar-refractivity contribution in [1.29, 1.82) is 0 Å². The third kappa shape index (κ3) is 3.02. The van der Waals surface area contributed by atoms with Gasteiger partial charge >= 0.3 is 0 Å². The molecule has 1 amide bonds. The van der Waals surface area contributed by atoms with E-state index in [1.165, 1.54) is 0 Å².